The summed E-state index contributed by atoms with van der Waals surface area (Å²) in [6.45, 7) is 1.84. The van der Waals surface area contributed by atoms with Crippen LogP contribution in [0.4, 0.5) is 11.5 Å². The van der Waals surface area contributed by atoms with Crippen molar-refractivity contribution in [1.82, 2.24) is 4.98 Å². The third-order valence-electron chi connectivity index (χ3n) is 2.65. The molecule has 1 aromatic carbocycles. The molecule has 0 saturated heterocycles. The zero-order chi connectivity index (χ0) is 14.7. The van der Waals surface area contributed by atoms with Gasteiger partial charge in [-0.15, -0.1) is 0 Å². The molecule has 2 aromatic rings. The Labute approximate surface area is 130 Å². The monoisotopic (exact) mass is 353 g/mol. The Bertz CT molecular complexity index is 661. The van der Waals surface area contributed by atoms with Gasteiger partial charge >= 0.3 is 0 Å². The number of aromatic nitrogens is 1. The molecular weight excluding hydrogens is 342 g/mol. The molecule has 1 amide bonds. The summed E-state index contributed by atoms with van der Waals surface area (Å²) in [7, 11) is 1.76. The van der Waals surface area contributed by atoms with Crippen LogP contribution in [0.3, 0.4) is 0 Å². The molecule has 104 valence electrons. The van der Waals surface area contributed by atoms with Crippen LogP contribution < -0.4 is 10.6 Å². The number of aryl methyl sites for hydroxylation is 1. The average molecular weight is 355 g/mol. The molecule has 1 heterocycles. The van der Waals surface area contributed by atoms with Crippen molar-refractivity contribution in [2.75, 3.05) is 17.7 Å². The van der Waals surface area contributed by atoms with E-state index >= 15 is 0 Å². The summed E-state index contributed by atoms with van der Waals surface area (Å²) < 4.78 is 0.846. The predicted molar refractivity (Wildman–Crippen MR) is 85.6 cm³/mol. The molecule has 0 unspecified atom stereocenters. The van der Waals surface area contributed by atoms with Gasteiger partial charge in [-0.25, -0.2) is 4.98 Å². The second-order valence-electron chi connectivity index (χ2n) is 4.21. The lowest BCUT2D eigenvalue weighted by Gasteiger charge is -2.09. The van der Waals surface area contributed by atoms with E-state index in [0.29, 0.717) is 22.1 Å². The van der Waals surface area contributed by atoms with Crippen LogP contribution in [-0.4, -0.2) is 17.9 Å². The predicted octanol–water partition coefficient (Wildman–Crippen LogP) is 4.10. The number of hydrogen-bond donors (Lipinski definition) is 2. The van der Waals surface area contributed by atoms with Crippen molar-refractivity contribution in [2.24, 2.45) is 0 Å². The molecule has 2 N–H and O–H groups in total. The first-order valence-corrected chi connectivity index (χ1v) is 7.09. The highest BCUT2D eigenvalue weighted by Crippen LogP contribution is 2.26. The molecule has 0 radical (unpaired) electrons. The van der Waals surface area contributed by atoms with E-state index < -0.39 is 0 Å². The van der Waals surface area contributed by atoms with Gasteiger partial charge in [0.2, 0.25) is 0 Å². The van der Waals surface area contributed by atoms with Gasteiger partial charge in [-0.05, 0) is 37.3 Å². The number of carbonyl (C=O) groups is 1. The Kier molecular flexibility index (Phi) is 4.62. The number of carbonyl (C=O) groups excluding carboxylic acids is 1. The first-order valence-electron chi connectivity index (χ1n) is 5.92. The minimum Gasteiger partial charge on any atom is -0.373 e. The number of halogens is 2. The summed E-state index contributed by atoms with van der Waals surface area (Å²) in [5.74, 6) is 0.419. The molecule has 6 heteroatoms. The van der Waals surface area contributed by atoms with Gasteiger partial charge in [-0.1, -0.05) is 27.5 Å². The van der Waals surface area contributed by atoms with Crippen LogP contribution in [0, 0.1) is 6.92 Å². The maximum atomic E-state index is 12.3. The Morgan fingerprint density at radius 3 is 2.75 bits per heavy atom. The van der Waals surface area contributed by atoms with Gasteiger partial charge in [0, 0.05) is 22.8 Å². The summed E-state index contributed by atoms with van der Waals surface area (Å²) in [5, 5.41) is 6.20. The SMILES string of the molecule is CNc1cc(C(=O)Nc2cc(Br)ccc2Cl)cc(C)n1. The minimum absolute atomic E-state index is 0.230. The Hall–Kier alpha value is -1.59. The number of anilines is 2. The molecule has 0 spiro atoms. The fraction of sp³-hybridized carbons (Fsp3) is 0.143. The van der Waals surface area contributed by atoms with Crippen molar-refractivity contribution in [1.29, 1.82) is 0 Å². The Balaban J connectivity index is 2.28. The highest BCUT2D eigenvalue weighted by atomic mass is 79.9. The summed E-state index contributed by atoms with van der Waals surface area (Å²) in [5.41, 5.74) is 1.85. The van der Waals surface area contributed by atoms with E-state index in [-0.39, 0.29) is 5.91 Å². The van der Waals surface area contributed by atoms with Gasteiger partial charge in [0.1, 0.15) is 5.82 Å². The van der Waals surface area contributed by atoms with Crippen molar-refractivity contribution in [3.8, 4) is 0 Å². The number of nitrogens with zero attached hydrogens (tertiary/aromatic N) is 1. The van der Waals surface area contributed by atoms with E-state index in [1.54, 1.807) is 31.3 Å². The van der Waals surface area contributed by atoms with Crippen LogP contribution in [0.1, 0.15) is 16.1 Å². The molecule has 4 nitrogen and oxygen atoms in total. The standard InChI is InChI=1S/C14H13BrClN3O/c1-8-5-9(6-13(17-2)18-8)14(20)19-12-7-10(15)3-4-11(12)16/h3-7H,1-2H3,(H,17,18)(H,19,20). The van der Waals surface area contributed by atoms with Gasteiger partial charge in [0.25, 0.3) is 5.91 Å². The van der Waals surface area contributed by atoms with Gasteiger partial charge in [-0.3, -0.25) is 4.79 Å². The summed E-state index contributed by atoms with van der Waals surface area (Å²) in [6, 6.07) is 8.70. The average Bonchev–Trinajstić information content (AvgIpc) is 2.42. The smallest absolute Gasteiger partial charge is 0.255 e. The number of pyridine rings is 1. The Morgan fingerprint density at radius 1 is 1.30 bits per heavy atom. The van der Waals surface area contributed by atoms with Gasteiger partial charge < -0.3 is 10.6 Å². The van der Waals surface area contributed by atoms with Crippen LogP contribution in [-0.2, 0) is 0 Å². The zero-order valence-corrected chi connectivity index (χ0v) is 13.3. The molecule has 2 rings (SSSR count). The molecule has 0 fully saturated rings. The maximum Gasteiger partial charge on any atom is 0.255 e. The molecule has 0 bridgehead atoms. The molecule has 0 saturated carbocycles. The van der Waals surface area contributed by atoms with E-state index in [1.165, 1.54) is 0 Å². The lowest BCUT2D eigenvalue weighted by atomic mass is 10.2. The number of hydrogen-bond acceptors (Lipinski definition) is 3. The van der Waals surface area contributed by atoms with E-state index in [4.69, 9.17) is 11.6 Å². The van der Waals surface area contributed by atoms with Crippen LogP contribution >= 0.6 is 27.5 Å². The second kappa shape index (κ2) is 6.24. The summed E-state index contributed by atoms with van der Waals surface area (Å²) >= 11 is 9.40. The van der Waals surface area contributed by atoms with Crippen LogP contribution in [0.5, 0.6) is 0 Å². The van der Waals surface area contributed by atoms with Crippen molar-refractivity contribution in [3.05, 3.63) is 51.1 Å². The van der Waals surface area contributed by atoms with Gasteiger partial charge in [-0.2, -0.15) is 0 Å². The fourth-order valence-electron chi connectivity index (χ4n) is 1.72. The molecule has 20 heavy (non-hydrogen) atoms. The van der Waals surface area contributed by atoms with E-state index in [9.17, 15) is 4.79 Å². The normalized spacial score (nSPS) is 10.2. The fourth-order valence-corrected chi connectivity index (χ4v) is 2.24. The lowest BCUT2D eigenvalue weighted by Crippen LogP contribution is -2.13. The van der Waals surface area contributed by atoms with Crippen LogP contribution in [0.2, 0.25) is 5.02 Å². The Morgan fingerprint density at radius 2 is 2.05 bits per heavy atom. The molecule has 0 aliphatic heterocycles. The zero-order valence-electron chi connectivity index (χ0n) is 11.0. The summed E-state index contributed by atoms with van der Waals surface area (Å²) in [4.78, 5) is 16.5. The molecule has 0 atom stereocenters. The third kappa shape index (κ3) is 3.49. The first kappa shape index (κ1) is 14.8. The van der Waals surface area contributed by atoms with Crippen molar-refractivity contribution >= 4 is 44.9 Å². The highest BCUT2D eigenvalue weighted by Gasteiger charge is 2.11. The van der Waals surface area contributed by atoms with Gasteiger partial charge in [0.15, 0.2) is 0 Å². The quantitative estimate of drug-likeness (QED) is 0.872. The number of rotatable bonds is 3. The summed E-state index contributed by atoms with van der Waals surface area (Å²) in [6.07, 6.45) is 0. The van der Waals surface area contributed by atoms with E-state index in [1.807, 2.05) is 13.0 Å². The molecule has 1 aromatic heterocycles. The highest BCUT2D eigenvalue weighted by molar-refractivity contribution is 9.10. The third-order valence-corrected chi connectivity index (χ3v) is 3.47. The van der Waals surface area contributed by atoms with Crippen LogP contribution in [0.25, 0.3) is 0 Å². The minimum atomic E-state index is -0.230. The van der Waals surface area contributed by atoms with Gasteiger partial charge in [0.05, 0.1) is 10.7 Å². The number of benzene rings is 1. The largest absolute Gasteiger partial charge is 0.373 e. The number of nitrogens with one attached hydrogen (secondary N) is 2. The van der Waals surface area contributed by atoms with E-state index in [2.05, 4.69) is 31.5 Å². The van der Waals surface area contributed by atoms with Crippen molar-refractivity contribution < 1.29 is 4.79 Å². The molecule has 0 aliphatic rings. The topological polar surface area (TPSA) is 54.0 Å². The second-order valence-corrected chi connectivity index (χ2v) is 5.53. The van der Waals surface area contributed by atoms with E-state index in [0.717, 1.165) is 10.2 Å². The first-order chi connectivity index (χ1) is 9.49. The van der Waals surface area contributed by atoms with Crippen molar-refractivity contribution in [2.45, 2.75) is 6.92 Å². The molecule has 0 aliphatic carbocycles. The van der Waals surface area contributed by atoms with Crippen molar-refractivity contribution in [3.63, 3.8) is 0 Å². The molecular formula is C14H13BrClN3O. The van der Waals surface area contributed by atoms with Crippen LogP contribution in [0.15, 0.2) is 34.8 Å². The maximum absolute atomic E-state index is 12.3. The number of amides is 1. The lowest BCUT2D eigenvalue weighted by molar-refractivity contribution is 0.102.